The standard InChI is InChI=1S/C21H18FN3O2S/c1-25-13-12-23-21(25)20(18-8-4-5-9-19(18)22)24-28(26,27)17-11-10-15-6-2-3-7-16(15)14-17/h2-14,20,24H,1H3/t20-/m0/s1. The van der Waals surface area contributed by atoms with Crippen molar-refractivity contribution >= 4 is 20.8 Å². The van der Waals surface area contributed by atoms with Gasteiger partial charge in [-0.15, -0.1) is 0 Å². The third-order valence-corrected chi connectivity index (χ3v) is 6.06. The van der Waals surface area contributed by atoms with Crippen molar-refractivity contribution in [1.29, 1.82) is 0 Å². The van der Waals surface area contributed by atoms with Gasteiger partial charge in [0.25, 0.3) is 0 Å². The zero-order chi connectivity index (χ0) is 19.7. The molecule has 5 nitrogen and oxygen atoms in total. The van der Waals surface area contributed by atoms with Gasteiger partial charge in [-0.25, -0.2) is 17.8 Å². The summed E-state index contributed by atoms with van der Waals surface area (Å²) >= 11 is 0. The molecule has 0 saturated heterocycles. The van der Waals surface area contributed by atoms with Crippen LogP contribution in [0, 0.1) is 5.82 Å². The Morgan fingerprint density at radius 2 is 1.71 bits per heavy atom. The number of aromatic nitrogens is 2. The first-order valence-electron chi connectivity index (χ1n) is 8.68. The summed E-state index contributed by atoms with van der Waals surface area (Å²) in [6, 6.07) is 17.5. The Bertz CT molecular complexity index is 1250. The van der Waals surface area contributed by atoms with Crippen LogP contribution in [0.4, 0.5) is 4.39 Å². The number of halogens is 1. The number of aryl methyl sites for hydroxylation is 1. The predicted octanol–water partition coefficient (Wildman–Crippen LogP) is 3.78. The number of sulfonamides is 1. The van der Waals surface area contributed by atoms with Crippen LogP contribution in [0.25, 0.3) is 10.8 Å². The predicted molar refractivity (Wildman–Crippen MR) is 106 cm³/mol. The average Bonchev–Trinajstić information content (AvgIpc) is 3.12. The number of rotatable bonds is 5. The van der Waals surface area contributed by atoms with Crippen molar-refractivity contribution in [3.8, 4) is 0 Å². The molecule has 7 heteroatoms. The largest absolute Gasteiger partial charge is 0.336 e. The van der Waals surface area contributed by atoms with Gasteiger partial charge in [-0.05, 0) is 29.0 Å². The minimum Gasteiger partial charge on any atom is -0.336 e. The first kappa shape index (κ1) is 18.3. The van der Waals surface area contributed by atoms with E-state index in [1.165, 1.54) is 6.07 Å². The van der Waals surface area contributed by atoms with Crippen LogP contribution in [0.1, 0.15) is 17.4 Å². The Morgan fingerprint density at radius 1 is 1.00 bits per heavy atom. The van der Waals surface area contributed by atoms with Gasteiger partial charge < -0.3 is 4.57 Å². The van der Waals surface area contributed by atoms with Crippen molar-refractivity contribution in [1.82, 2.24) is 14.3 Å². The summed E-state index contributed by atoms with van der Waals surface area (Å²) in [4.78, 5) is 4.34. The minimum absolute atomic E-state index is 0.113. The molecule has 0 spiro atoms. The molecule has 0 amide bonds. The summed E-state index contributed by atoms with van der Waals surface area (Å²) in [5, 5.41) is 1.75. The van der Waals surface area contributed by atoms with Crippen LogP contribution in [0.3, 0.4) is 0 Å². The number of hydrogen-bond acceptors (Lipinski definition) is 3. The molecule has 1 atom stereocenters. The minimum atomic E-state index is -3.93. The summed E-state index contributed by atoms with van der Waals surface area (Å²) in [5.41, 5.74) is 0.209. The highest BCUT2D eigenvalue weighted by Gasteiger charge is 2.27. The maximum atomic E-state index is 14.5. The van der Waals surface area contributed by atoms with Gasteiger partial charge in [0, 0.05) is 25.0 Å². The highest BCUT2D eigenvalue weighted by atomic mass is 32.2. The van der Waals surface area contributed by atoms with Gasteiger partial charge in [0.2, 0.25) is 10.0 Å². The number of imidazole rings is 1. The first-order chi connectivity index (χ1) is 13.5. The summed E-state index contributed by atoms with van der Waals surface area (Å²) in [6.45, 7) is 0. The Labute approximate surface area is 162 Å². The van der Waals surface area contributed by atoms with Gasteiger partial charge in [-0.3, -0.25) is 0 Å². The molecule has 1 N–H and O–H groups in total. The first-order valence-corrected chi connectivity index (χ1v) is 10.2. The van der Waals surface area contributed by atoms with E-state index in [4.69, 9.17) is 0 Å². The van der Waals surface area contributed by atoms with Crippen LogP contribution >= 0.6 is 0 Å². The number of nitrogens with zero attached hydrogens (tertiary/aromatic N) is 2. The van der Waals surface area contributed by atoms with Crippen LogP contribution in [0.5, 0.6) is 0 Å². The van der Waals surface area contributed by atoms with E-state index in [0.29, 0.717) is 5.82 Å². The molecule has 0 unspecified atom stereocenters. The molecular weight excluding hydrogens is 377 g/mol. The molecule has 0 aliphatic carbocycles. The van der Waals surface area contributed by atoms with Crippen molar-refractivity contribution in [2.75, 3.05) is 0 Å². The van der Waals surface area contributed by atoms with E-state index in [9.17, 15) is 12.8 Å². The van der Waals surface area contributed by atoms with Crippen molar-refractivity contribution in [3.05, 3.63) is 96.3 Å². The van der Waals surface area contributed by atoms with Crippen molar-refractivity contribution in [3.63, 3.8) is 0 Å². The fraction of sp³-hybridized carbons (Fsp3) is 0.0952. The topological polar surface area (TPSA) is 64.0 Å². The van der Waals surface area contributed by atoms with Crippen molar-refractivity contribution < 1.29 is 12.8 Å². The molecule has 0 radical (unpaired) electrons. The van der Waals surface area contributed by atoms with Gasteiger partial charge in [0.15, 0.2) is 0 Å². The van der Waals surface area contributed by atoms with Crippen LogP contribution < -0.4 is 4.72 Å². The summed E-state index contributed by atoms with van der Waals surface area (Å²) in [6.07, 6.45) is 3.24. The van der Waals surface area contributed by atoms with Gasteiger partial charge in [0.05, 0.1) is 4.90 Å². The summed E-state index contributed by atoms with van der Waals surface area (Å²) < 4.78 is 45.0. The zero-order valence-electron chi connectivity index (χ0n) is 15.1. The zero-order valence-corrected chi connectivity index (χ0v) is 15.9. The smallest absolute Gasteiger partial charge is 0.241 e. The van der Waals surface area contributed by atoms with Crippen molar-refractivity contribution in [2.24, 2.45) is 7.05 Å². The molecule has 0 bridgehead atoms. The van der Waals surface area contributed by atoms with Crippen LogP contribution in [-0.4, -0.2) is 18.0 Å². The lowest BCUT2D eigenvalue weighted by atomic mass is 10.1. The van der Waals surface area contributed by atoms with E-state index in [-0.39, 0.29) is 10.5 Å². The third-order valence-electron chi connectivity index (χ3n) is 4.64. The Morgan fingerprint density at radius 3 is 2.43 bits per heavy atom. The quantitative estimate of drug-likeness (QED) is 0.559. The Hall–Kier alpha value is -3.03. The molecular formula is C21H18FN3O2S. The van der Waals surface area contributed by atoms with Crippen LogP contribution in [-0.2, 0) is 17.1 Å². The average molecular weight is 395 g/mol. The molecule has 4 rings (SSSR count). The number of benzene rings is 3. The maximum absolute atomic E-state index is 14.5. The second-order valence-corrected chi connectivity index (χ2v) is 8.20. The lowest BCUT2D eigenvalue weighted by Crippen LogP contribution is -2.31. The summed E-state index contributed by atoms with van der Waals surface area (Å²) in [5.74, 6) is -0.105. The molecule has 142 valence electrons. The molecule has 0 fully saturated rings. The highest BCUT2D eigenvalue weighted by molar-refractivity contribution is 7.89. The van der Waals surface area contributed by atoms with E-state index in [0.717, 1.165) is 10.8 Å². The van der Waals surface area contributed by atoms with E-state index >= 15 is 0 Å². The molecule has 0 aliphatic heterocycles. The number of nitrogens with one attached hydrogen (secondary N) is 1. The second kappa shape index (κ2) is 7.18. The molecule has 1 aromatic heterocycles. The maximum Gasteiger partial charge on any atom is 0.241 e. The fourth-order valence-electron chi connectivity index (χ4n) is 3.18. The monoisotopic (exact) mass is 395 g/mol. The summed E-state index contributed by atoms with van der Waals surface area (Å²) in [7, 11) is -2.19. The Balaban J connectivity index is 1.79. The highest BCUT2D eigenvalue weighted by Crippen LogP contribution is 2.26. The van der Waals surface area contributed by atoms with E-state index in [1.807, 2.05) is 24.3 Å². The third kappa shape index (κ3) is 3.42. The van der Waals surface area contributed by atoms with E-state index in [2.05, 4.69) is 9.71 Å². The number of fused-ring (bicyclic) bond motifs is 1. The van der Waals surface area contributed by atoms with Crippen LogP contribution in [0.2, 0.25) is 0 Å². The lowest BCUT2D eigenvalue weighted by Gasteiger charge is -2.20. The number of hydrogen-bond donors (Lipinski definition) is 1. The molecule has 28 heavy (non-hydrogen) atoms. The molecule has 3 aromatic carbocycles. The van der Waals surface area contributed by atoms with Gasteiger partial charge >= 0.3 is 0 Å². The Kier molecular flexibility index (Phi) is 4.70. The lowest BCUT2D eigenvalue weighted by molar-refractivity contribution is 0.545. The van der Waals surface area contributed by atoms with Gasteiger partial charge in [-0.2, -0.15) is 4.72 Å². The van der Waals surface area contributed by atoms with Crippen molar-refractivity contribution in [2.45, 2.75) is 10.9 Å². The fourth-order valence-corrected chi connectivity index (χ4v) is 4.39. The van der Waals surface area contributed by atoms with Gasteiger partial charge in [-0.1, -0.05) is 48.5 Å². The normalized spacial score (nSPS) is 12.9. The molecule has 1 heterocycles. The second-order valence-electron chi connectivity index (χ2n) is 6.48. The molecule has 0 saturated carbocycles. The van der Waals surface area contributed by atoms with E-state index < -0.39 is 21.9 Å². The van der Waals surface area contributed by atoms with Crippen LogP contribution in [0.15, 0.2) is 84.0 Å². The van der Waals surface area contributed by atoms with Gasteiger partial charge in [0.1, 0.15) is 17.7 Å². The molecule has 0 aliphatic rings. The SMILES string of the molecule is Cn1ccnc1[C@@H](NS(=O)(=O)c1ccc2ccccc2c1)c1ccccc1F. The van der Waals surface area contributed by atoms with E-state index in [1.54, 1.807) is 60.4 Å². The molecule has 4 aromatic rings.